The average Bonchev–Trinajstić information content (AvgIpc) is 3.67. The highest BCUT2D eigenvalue weighted by Gasteiger charge is 2.23. The Morgan fingerprint density at radius 2 is 1.47 bits per heavy atom. The second kappa shape index (κ2) is 10.4. The van der Waals surface area contributed by atoms with Crippen LogP contribution in [0.3, 0.4) is 0 Å². The Balaban J connectivity index is 1.38. The Labute approximate surface area is 216 Å². The Bertz CT molecular complexity index is 1630. The quantitative estimate of drug-likeness (QED) is 0.295. The summed E-state index contributed by atoms with van der Waals surface area (Å²) >= 11 is 0. The molecule has 0 saturated carbocycles. The van der Waals surface area contributed by atoms with E-state index in [1.165, 1.54) is 44.8 Å². The number of carbonyl (C=O) groups excluding carboxylic acids is 3. The fourth-order valence-corrected chi connectivity index (χ4v) is 3.75. The first kappa shape index (κ1) is 24.4. The van der Waals surface area contributed by atoms with E-state index in [1.54, 1.807) is 48.5 Å². The number of nitrogens with one attached hydrogen (secondary N) is 1. The van der Waals surface area contributed by atoms with Gasteiger partial charge >= 0.3 is 11.9 Å². The normalized spacial score (nSPS) is 11.6. The molecular formula is C28H21N3O7. The summed E-state index contributed by atoms with van der Waals surface area (Å²) in [6.45, 7) is 1.43. The lowest BCUT2D eigenvalue weighted by molar-refractivity contribution is -0.123. The van der Waals surface area contributed by atoms with Crippen molar-refractivity contribution in [1.29, 1.82) is 0 Å². The molecule has 1 amide bonds. The molecule has 0 aliphatic carbocycles. The number of furan rings is 2. The first-order chi connectivity index (χ1) is 18.4. The summed E-state index contributed by atoms with van der Waals surface area (Å²) < 4.78 is 21.2. The third-order valence-corrected chi connectivity index (χ3v) is 5.65. The van der Waals surface area contributed by atoms with Crippen molar-refractivity contribution in [2.75, 3.05) is 12.4 Å². The molecule has 0 saturated heterocycles. The smallest absolute Gasteiger partial charge is 0.339 e. The number of hydrogen-bond donors (Lipinski definition) is 1. The molecule has 10 nitrogen and oxygen atoms in total. The van der Waals surface area contributed by atoms with Gasteiger partial charge in [0, 0.05) is 0 Å². The van der Waals surface area contributed by atoms with E-state index in [2.05, 4.69) is 15.3 Å². The zero-order chi connectivity index (χ0) is 26.6. The Morgan fingerprint density at radius 3 is 2.11 bits per heavy atom. The maximum Gasteiger partial charge on any atom is 0.339 e. The van der Waals surface area contributed by atoms with E-state index in [0.29, 0.717) is 33.9 Å². The van der Waals surface area contributed by atoms with Crippen LogP contribution in [-0.2, 0) is 14.3 Å². The largest absolute Gasteiger partial charge is 0.465 e. The second-order valence-corrected chi connectivity index (χ2v) is 8.15. The van der Waals surface area contributed by atoms with Gasteiger partial charge in [-0.25, -0.2) is 19.6 Å². The predicted octanol–water partition coefficient (Wildman–Crippen LogP) is 5.12. The number of carbonyl (C=O) groups is 3. The lowest BCUT2D eigenvalue weighted by Gasteiger charge is -2.15. The number of para-hydroxylation sites is 1. The van der Waals surface area contributed by atoms with Crippen molar-refractivity contribution in [3.8, 4) is 22.9 Å². The number of benzene rings is 2. The molecule has 3 heterocycles. The molecule has 38 heavy (non-hydrogen) atoms. The SMILES string of the molecule is COC(=O)c1ccccc1NC(=O)C(C)OC(=O)c1ccc2nc(-c3ccco3)c(-c3ccco3)nc2c1. The van der Waals surface area contributed by atoms with Crippen LogP contribution in [0.1, 0.15) is 27.6 Å². The maximum atomic E-state index is 12.9. The van der Waals surface area contributed by atoms with E-state index in [9.17, 15) is 14.4 Å². The molecule has 0 aliphatic heterocycles. The number of hydrogen-bond acceptors (Lipinski definition) is 9. The van der Waals surface area contributed by atoms with Gasteiger partial charge in [0.1, 0.15) is 11.4 Å². The topological polar surface area (TPSA) is 134 Å². The van der Waals surface area contributed by atoms with Gasteiger partial charge < -0.3 is 23.6 Å². The molecule has 0 spiro atoms. The van der Waals surface area contributed by atoms with Crippen molar-refractivity contribution in [2.24, 2.45) is 0 Å². The van der Waals surface area contributed by atoms with Crippen molar-refractivity contribution in [3.63, 3.8) is 0 Å². The maximum absolute atomic E-state index is 12.9. The number of aromatic nitrogens is 2. The number of fused-ring (bicyclic) bond motifs is 1. The summed E-state index contributed by atoms with van der Waals surface area (Å²) in [5, 5.41) is 2.60. The van der Waals surface area contributed by atoms with Gasteiger partial charge in [-0.3, -0.25) is 4.79 Å². The highest BCUT2D eigenvalue weighted by molar-refractivity contribution is 6.03. The van der Waals surface area contributed by atoms with Gasteiger partial charge in [0.15, 0.2) is 17.6 Å². The highest BCUT2D eigenvalue weighted by atomic mass is 16.5. The molecule has 0 aliphatic rings. The molecule has 1 unspecified atom stereocenters. The van der Waals surface area contributed by atoms with Crippen LogP contribution >= 0.6 is 0 Å². The summed E-state index contributed by atoms with van der Waals surface area (Å²) in [6, 6.07) is 18.1. The summed E-state index contributed by atoms with van der Waals surface area (Å²) in [5.74, 6) is -0.947. The molecule has 5 rings (SSSR count). The van der Waals surface area contributed by atoms with Crippen LogP contribution < -0.4 is 5.32 Å². The number of esters is 2. The molecule has 0 radical (unpaired) electrons. The van der Waals surface area contributed by atoms with E-state index in [1.807, 2.05) is 0 Å². The highest BCUT2D eigenvalue weighted by Crippen LogP contribution is 2.31. The number of nitrogens with zero attached hydrogens (tertiary/aromatic N) is 2. The zero-order valence-electron chi connectivity index (χ0n) is 20.3. The Hall–Kier alpha value is -5.25. The fraction of sp³-hybridized carbons (Fsp3) is 0.107. The second-order valence-electron chi connectivity index (χ2n) is 8.15. The standard InChI is InChI=1S/C28H21N3O7/c1-16(26(32)31-19-8-4-3-7-18(19)28(34)35-2)38-27(33)17-11-12-20-21(15-17)30-25(23-10-6-14-37-23)24(29-20)22-9-5-13-36-22/h3-16H,1-2H3,(H,31,32). The third kappa shape index (κ3) is 4.87. The minimum atomic E-state index is -1.16. The van der Waals surface area contributed by atoms with Crippen molar-refractivity contribution < 1.29 is 32.7 Å². The molecule has 3 aromatic heterocycles. The van der Waals surface area contributed by atoms with Crippen molar-refractivity contribution in [2.45, 2.75) is 13.0 Å². The van der Waals surface area contributed by atoms with Gasteiger partial charge in [0.05, 0.1) is 47.5 Å². The fourth-order valence-electron chi connectivity index (χ4n) is 3.75. The summed E-state index contributed by atoms with van der Waals surface area (Å²) in [6.07, 6.45) is 1.91. The van der Waals surface area contributed by atoms with Crippen LogP contribution in [0.4, 0.5) is 5.69 Å². The molecule has 2 aromatic carbocycles. The number of rotatable bonds is 7. The Morgan fingerprint density at radius 1 is 0.816 bits per heavy atom. The van der Waals surface area contributed by atoms with Gasteiger partial charge in [-0.05, 0) is 61.5 Å². The van der Waals surface area contributed by atoms with Crippen molar-refractivity contribution >= 4 is 34.6 Å². The van der Waals surface area contributed by atoms with E-state index < -0.39 is 23.9 Å². The third-order valence-electron chi connectivity index (χ3n) is 5.65. The lowest BCUT2D eigenvalue weighted by Crippen LogP contribution is -2.30. The molecule has 0 bridgehead atoms. The summed E-state index contributed by atoms with van der Waals surface area (Å²) in [5.41, 5.74) is 2.48. The molecular weight excluding hydrogens is 490 g/mol. The minimum Gasteiger partial charge on any atom is -0.465 e. The number of methoxy groups -OCH3 is 1. The molecule has 0 fully saturated rings. The number of ether oxygens (including phenoxy) is 2. The van der Waals surface area contributed by atoms with Gasteiger partial charge in [0.25, 0.3) is 5.91 Å². The van der Waals surface area contributed by atoms with Crippen molar-refractivity contribution in [3.05, 3.63) is 90.4 Å². The zero-order valence-corrected chi connectivity index (χ0v) is 20.3. The minimum absolute atomic E-state index is 0.177. The monoisotopic (exact) mass is 511 g/mol. The van der Waals surface area contributed by atoms with E-state index >= 15 is 0 Å². The first-order valence-electron chi connectivity index (χ1n) is 11.5. The van der Waals surface area contributed by atoms with E-state index in [4.69, 9.17) is 18.3 Å². The van der Waals surface area contributed by atoms with Crippen LogP contribution in [0, 0.1) is 0 Å². The van der Waals surface area contributed by atoms with Crippen LogP contribution in [0.25, 0.3) is 33.9 Å². The first-order valence-corrected chi connectivity index (χ1v) is 11.5. The predicted molar refractivity (Wildman–Crippen MR) is 136 cm³/mol. The van der Waals surface area contributed by atoms with Gasteiger partial charge in [0.2, 0.25) is 0 Å². The average molecular weight is 511 g/mol. The number of anilines is 1. The van der Waals surface area contributed by atoms with Crippen LogP contribution in [0.5, 0.6) is 0 Å². The van der Waals surface area contributed by atoms with Gasteiger partial charge in [-0.15, -0.1) is 0 Å². The van der Waals surface area contributed by atoms with Crippen LogP contribution in [0.15, 0.2) is 88.1 Å². The van der Waals surface area contributed by atoms with E-state index in [-0.39, 0.29) is 16.8 Å². The number of amides is 1. The molecule has 10 heteroatoms. The van der Waals surface area contributed by atoms with Crippen LogP contribution in [-0.4, -0.2) is 41.0 Å². The van der Waals surface area contributed by atoms with Crippen LogP contribution in [0.2, 0.25) is 0 Å². The summed E-state index contributed by atoms with van der Waals surface area (Å²) in [7, 11) is 1.24. The van der Waals surface area contributed by atoms with Crippen molar-refractivity contribution in [1.82, 2.24) is 9.97 Å². The molecule has 1 atom stereocenters. The lowest BCUT2D eigenvalue weighted by atomic mass is 10.1. The molecule has 5 aromatic rings. The summed E-state index contributed by atoms with van der Waals surface area (Å²) in [4.78, 5) is 46.9. The molecule has 1 N–H and O–H groups in total. The van der Waals surface area contributed by atoms with Gasteiger partial charge in [-0.1, -0.05) is 12.1 Å². The van der Waals surface area contributed by atoms with Gasteiger partial charge in [-0.2, -0.15) is 0 Å². The Kier molecular flexibility index (Phi) is 6.68. The van der Waals surface area contributed by atoms with E-state index in [0.717, 1.165) is 0 Å². The molecule has 190 valence electrons.